The number of nitrogens with two attached hydrogens (primary N) is 1. The maximum Gasteiger partial charge on any atom is 0.0711 e. The number of hydrogen-bond acceptors (Lipinski definition) is 3. The molecule has 0 radical (unpaired) electrons. The van der Waals surface area contributed by atoms with E-state index in [1.807, 2.05) is 42.5 Å². The van der Waals surface area contributed by atoms with Gasteiger partial charge in [0, 0.05) is 12.4 Å². The fourth-order valence-corrected chi connectivity index (χ4v) is 1.59. The van der Waals surface area contributed by atoms with E-state index in [-0.39, 0.29) is 6.04 Å². The Kier molecular flexibility index (Phi) is 3.07. The SMILES string of the molecule is NN[C@@H](c1ccccc1)c1ccncc1. The molecule has 2 rings (SSSR count). The molecule has 0 spiro atoms. The second-order valence-electron chi connectivity index (χ2n) is 3.29. The first-order valence-electron chi connectivity index (χ1n) is 4.83. The van der Waals surface area contributed by atoms with Crippen molar-refractivity contribution in [3.63, 3.8) is 0 Å². The molecule has 0 fully saturated rings. The molecular formula is C12H13N3. The smallest absolute Gasteiger partial charge is 0.0711 e. The Morgan fingerprint density at radius 3 is 2.13 bits per heavy atom. The van der Waals surface area contributed by atoms with Crippen LogP contribution in [0.4, 0.5) is 0 Å². The maximum absolute atomic E-state index is 5.57. The Hall–Kier alpha value is -1.71. The lowest BCUT2D eigenvalue weighted by Gasteiger charge is -2.16. The van der Waals surface area contributed by atoms with E-state index in [4.69, 9.17) is 5.84 Å². The lowest BCUT2D eigenvalue weighted by molar-refractivity contribution is 0.636. The fraction of sp³-hybridized carbons (Fsp3) is 0.0833. The Bertz CT molecular complexity index is 360. The first-order chi connectivity index (χ1) is 7.42. The Morgan fingerprint density at radius 1 is 0.933 bits per heavy atom. The highest BCUT2D eigenvalue weighted by atomic mass is 15.2. The normalized spacial score (nSPS) is 12.3. The van der Waals surface area contributed by atoms with Gasteiger partial charge in [-0.1, -0.05) is 30.3 Å². The van der Waals surface area contributed by atoms with Crippen molar-refractivity contribution in [2.24, 2.45) is 5.84 Å². The van der Waals surface area contributed by atoms with Gasteiger partial charge in [-0.15, -0.1) is 0 Å². The van der Waals surface area contributed by atoms with E-state index in [0.717, 1.165) is 11.1 Å². The minimum atomic E-state index is 0.0224. The number of hydrogen-bond donors (Lipinski definition) is 2. The molecule has 1 atom stereocenters. The van der Waals surface area contributed by atoms with Gasteiger partial charge in [0.05, 0.1) is 6.04 Å². The largest absolute Gasteiger partial charge is 0.271 e. The Morgan fingerprint density at radius 2 is 1.53 bits per heavy atom. The van der Waals surface area contributed by atoms with E-state index < -0.39 is 0 Å². The minimum Gasteiger partial charge on any atom is -0.271 e. The van der Waals surface area contributed by atoms with Gasteiger partial charge < -0.3 is 0 Å². The summed E-state index contributed by atoms with van der Waals surface area (Å²) in [5.41, 5.74) is 5.06. The maximum atomic E-state index is 5.57. The van der Waals surface area contributed by atoms with Crippen molar-refractivity contribution in [1.82, 2.24) is 10.4 Å². The number of rotatable bonds is 3. The quantitative estimate of drug-likeness (QED) is 0.583. The first kappa shape index (κ1) is 9.83. The predicted octanol–water partition coefficient (Wildman–Crippen LogP) is 1.63. The molecule has 0 aliphatic heterocycles. The van der Waals surface area contributed by atoms with Crippen LogP contribution < -0.4 is 11.3 Å². The minimum absolute atomic E-state index is 0.0224. The summed E-state index contributed by atoms with van der Waals surface area (Å²) in [5, 5.41) is 0. The molecule has 2 aromatic rings. The van der Waals surface area contributed by atoms with E-state index in [0.29, 0.717) is 0 Å². The molecule has 0 aliphatic carbocycles. The van der Waals surface area contributed by atoms with Crippen LogP contribution in [0, 0.1) is 0 Å². The van der Waals surface area contributed by atoms with Crippen LogP contribution in [-0.2, 0) is 0 Å². The zero-order valence-electron chi connectivity index (χ0n) is 8.30. The van der Waals surface area contributed by atoms with Crippen molar-refractivity contribution >= 4 is 0 Å². The summed E-state index contributed by atoms with van der Waals surface area (Å²) in [4.78, 5) is 3.99. The molecule has 0 amide bonds. The van der Waals surface area contributed by atoms with Gasteiger partial charge >= 0.3 is 0 Å². The van der Waals surface area contributed by atoms with Crippen LogP contribution in [0.3, 0.4) is 0 Å². The second-order valence-corrected chi connectivity index (χ2v) is 3.29. The molecule has 3 heteroatoms. The monoisotopic (exact) mass is 199 g/mol. The fourth-order valence-electron chi connectivity index (χ4n) is 1.59. The lowest BCUT2D eigenvalue weighted by Crippen LogP contribution is -2.28. The van der Waals surface area contributed by atoms with Crippen LogP contribution >= 0.6 is 0 Å². The van der Waals surface area contributed by atoms with Crippen LogP contribution in [0.5, 0.6) is 0 Å². The van der Waals surface area contributed by atoms with Crippen molar-refractivity contribution in [3.8, 4) is 0 Å². The number of benzene rings is 1. The lowest BCUT2D eigenvalue weighted by atomic mass is 10.0. The number of nitrogens with zero attached hydrogens (tertiary/aromatic N) is 1. The highest BCUT2D eigenvalue weighted by molar-refractivity contribution is 5.29. The summed E-state index contributed by atoms with van der Waals surface area (Å²) >= 11 is 0. The van der Waals surface area contributed by atoms with Gasteiger partial charge in [0.15, 0.2) is 0 Å². The standard InChI is InChI=1S/C12H13N3/c13-15-12(10-4-2-1-3-5-10)11-6-8-14-9-7-11/h1-9,12,15H,13H2/t12-/m0/s1. The molecule has 0 aliphatic rings. The summed E-state index contributed by atoms with van der Waals surface area (Å²) in [7, 11) is 0. The molecule has 0 saturated heterocycles. The van der Waals surface area contributed by atoms with Crippen LogP contribution in [0.25, 0.3) is 0 Å². The van der Waals surface area contributed by atoms with Crippen molar-refractivity contribution < 1.29 is 0 Å². The second kappa shape index (κ2) is 4.68. The van der Waals surface area contributed by atoms with Gasteiger partial charge in [-0.3, -0.25) is 10.8 Å². The van der Waals surface area contributed by atoms with E-state index in [9.17, 15) is 0 Å². The average molecular weight is 199 g/mol. The first-order valence-corrected chi connectivity index (χ1v) is 4.83. The van der Waals surface area contributed by atoms with Crippen LogP contribution in [0.15, 0.2) is 54.9 Å². The van der Waals surface area contributed by atoms with Crippen molar-refractivity contribution in [1.29, 1.82) is 0 Å². The predicted molar refractivity (Wildman–Crippen MR) is 59.8 cm³/mol. The number of nitrogens with one attached hydrogen (secondary N) is 1. The van der Waals surface area contributed by atoms with Gasteiger partial charge in [0.25, 0.3) is 0 Å². The molecule has 0 bridgehead atoms. The molecule has 3 nitrogen and oxygen atoms in total. The van der Waals surface area contributed by atoms with Gasteiger partial charge in [0.1, 0.15) is 0 Å². The summed E-state index contributed by atoms with van der Waals surface area (Å²) in [6, 6.07) is 14.0. The third-order valence-electron chi connectivity index (χ3n) is 2.34. The van der Waals surface area contributed by atoms with Gasteiger partial charge in [-0.25, -0.2) is 5.43 Å². The number of pyridine rings is 1. The summed E-state index contributed by atoms with van der Waals surface area (Å²) in [5.74, 6) is 5.57. The molecule has 1 heterocycles. The zero-order valence-corrected chi connectivity index (χ0v) is 8.30. The molecule has 1 aromatic heterocycles. The summed E-state index contributed by atoms with van der Waals surface area (Å²) in [6.45, 7) is 0. The van der Waals surface area contributed by atoms with Crippen LogP contribution in [-0.4, -0.2) is 4.98 Å². The van der Waals surface area contributed by atoms with E-state index in [1.54, 1.807) is 12.4 Å². The Labute approximate surface area is 88.9 Å². The summed E-state index contributed by atoms with van der Waals surface area (Å²) < 4.78 is 0. The number of aromatic nitrogens is 1. The summed E-state index contributed by atoms with van der Waals surface area (Å²) in [6.07, 6.45) is 3.53. The van der Waals surface area contributed by atoms with E-state index in [2.05, 4.69) is 10.4 Å². The highest BCUT2D eigenvalue weighted by Crippen LogP contribution is 2.19. The molecule has 15 heavy (non-hydrogen) atoms. The third-order valence-corrected chi connectivity index (χ3v) is 2.34. The Balaban J connectivity index is 2.34. The number of hydrazine groups is 1. The van der Waals surface area contributed by atoms with Gasteiger partial charge in [0.2, 0.25) is 0 Å². The molecule has 1 aromatic carbocycles. The van der Waals surface area contributed by atoms with Crippen LogP contribution in [0.2, 0.25) is 0 Å². The average Bonchev–Trinajstić information content (AvgIpc) is 2.33. The van der Waals surface area contributed by atoms with Crippen molar-refractivity contribution in [3.05, 3.63) is 66.0 Å². The van der Waals surface area contributed by atoms with Crippen molar-refractivity contribution in [2.75, 3.05) is 0 Å². The molecule has 0 saturated carbocycles. The third kappa shape index (κ3) is 2.21. The van der Waals surface area contributed by atoms with Gasteiger partial charge in [-0.2, -0.15) is 0 Å². The molecule has 0 unspecified atom stereocenters. The van der Waals surface area contributed by atoms with Gasteiger partial charge in [-0.05, 0) is 23.3 Å². The molecular weight excluding hydrogens is 186 g/mol. The molecule has 3 N–H and O–H groups in total. The molecule has 76 valence electrons. The van der Waals surface area contributed by atoms with Crippen LogP contribution in [0.1, 0.15) is 17.2 Å². The van der Waals surface area contributed by atoms with E-state index in [1.165, 1.54) is 0 Å². The van der Waals surface area contributed by atoms with Crippen molar-refractivity contribution in [2.45, 2.75) is 6.04 Å². The topological polar surface area (TPSA) is 50.9 Å². The van der Waals surface area contributed by atoms with E-state index >= 15 is 0 Å². The highest BCUT2D eigenvalue weighted by Gasteiger charge is 2.10. The zero-order chi connectivity index (χ0) is 10.5.